The van der Waals surface area contributed by atoms with Gasteiger partial charge in [0, 0.05) is 30.9 Å². The van der Waals surface area contributed by atoms with E-state index in [9.17, 15) is 13.2 Å². The largest absolute Gasteiger partial charge is 0.416 e. The Bertz CT molecular complexity index is 458. The number of hydrogen-bond acceptors (Lipinski definition) is 2. The first-order valence-electron chi connectivity index (χ1n) is 6.73. The van der Waals surface area contributed by atoms with Gasteiger partial charge in [0.15, 0.2) is 0 Å². The molecule has 19 heavy (non-hydrogen) atoms. The minimum absolute atomic E-state index is 0.345. The zero-order chi connectivity index (χ0) is 13.5. The first kappa shape index (κ1) is 12.8. The smallest absolute Gasteiger partial charge is 0.366 e. The van der Waals surface area contributed by atoms with Crippen molar-refractivity contribution in [3.63, 3.8) is 0 Å². The molecule has 0 radical (unpaired) electrons. The average molecular weight is 270 g/mol. The van der Waals surface area contributed by atoms with Gasteiger partial charge in [0.1, 0.15) is 0 Å². The summed E-state index contributed by atoms with van der Waals surface area (Å²) in [5.41, 5.74) is 0.145. The molecule has 1 aliphatic carbocycles. The van der Waals surface area contributed by atoms with E-state index in [1.807, 2.05) is 0 Å². The summed E-state index contributed by atoms with van der Waals surface area (Å²) >= 11 is 0. The van der Waals surface area contributed by atoms with Crippen LogP contribution in [0.5, 0.6) is 0 Å². The zero-order valence-electron chi connectivity index (χ0n) is 10.6. The number of rotatable bonds is 1. The van der Waals surface area contributed by atoms with Gasteiger partial charge in [-0.2, -0.15) is 13.2 Å². The van der Waals surface area contributed by atoms with Crippen LogP contribution >= 0.6 is 0 Å². The first-order valence-corrected chi connectivity index (χ1v) is 6.73. The summed E-state index contributed by atoms with van der Waals surface area (Å²) in [5.74, 6) is 0. The maximum Gasteiger partial charge on any atom is 0.416 e. The van der Waals surface area contributed by atoms with Crippen molar-refractivity contribution < 1.29 is 13.2 Å². The number of anilines is 1. The van der Waals surface area contributed by atoms with Crippen LogP contribution in [0.15, 0.2) is 24.3 Å². The lowest BCUT2D eigenvalue weighted by Crippen LogP contribution is -2.55. The molecule has 2 nitrogen and oxygen atoms in total. The normalized spacial score (nSPS) is 27.4. The SMILES string of the molecule is FC(F)(F)c1cccc(N2CCN[C@H]3CCC[C@@H]32)c1. The van der Waals surface area contributed by atoms with Gasteiger partial charge in [-0.05, 0) is 37.5 Å². The second kappa shape index (κ2) is 4.71. The van der Waals surface area contributed by atoms with Gasteiger partial charge in [-0.1, -0.05) is 6.07 Å². The quantitative estimate of drug-likeness (QED) is 0.844. The topological polar surface area (TPSA) is 15.3 Å². The predicted octanol–water partition coefficient (Wildman–Crippen LogP) is 3.04. The van der Waals surface area contributed by atoms with Crippen molar-refractivity contribution in [1.29, 1.82) is 0 Å². The Morgan fingerprint density at radius 2 is 2.05 bits per heavy atom. The van der Waals surface area contributed by atoms with E-state index < -0.39 is 11.7 Å². The summed E-state index contributed by atoms with van der Waals surface area (Å²) in [6, 6.07) is 6.49. The number of nitrogens with zero attached hydrogens (tertiary/aromatic N) is 1. The molecule has 1 N–H and O–H groups in total. The second-order valence-electron chi connectivity index (χ2n) is 5.30. The molecular formula is C14H17F3N2. The Hall–Kier alpha value is -1.23. The Labute approximate surface area is 110 Å². The van der Waals surface area contributed by atoms with E-state index in [1.165, 1.54) is 12.1 Å². The van der Waals surface area contributed by atoms with Crippen LogP contribution in [0.2, 0.25) is 0 Å². The summed E-state index contributed by atoms with van der Waals surface area (Å²) in [5, 5.41) is 3.46. The molecule has 1 aliphatic heterocycles. The zero-order valence-corrected chi connectivity index (χ0v) is 10.6. The van der Waals surface area contributed by atoms with Crippen LogP contribution in [-0.4, -0.2) is 25.2 Å². The van der Waals surface area contributed by atoms with Gasteiger partial charge in [0.2, 0.25) is 0 Å². The summed E-state index contributed by atoms with van der Waals surface area (Å²) < 4.78 is 38.3. The fourth-order valence-electron chi connectivity index (χ4n) is 3.27. The third-order valence-electron chi connectivity index (χ3n) is 4.14. The number of benzene rings is 1. The number of hydrogen-bond donors (Lipinski definition) is 1. The van der Waals surface area contributed by atoms with Gasteiger partial charge in [0.05, 0.1) is 5.56 Å². The van der Waals surface area contributed by atoms with Gasteiger partial charge in [-0.15, -0.1) is 0 Å². The number of halogens is 3. The molecule has 1 aromatic rings. The molecule has 2 atom stereocenters. The second-order valence-corrected chi connectivity index (χ2v) is 5.30. The molecule has 104 valence electrons. The van der Waals surface area contributed by atoms with Crippen molar-refractivity contribution in [2.24, 2.45) is 0 Å². The van der Waals surface area contributed by atoms with Crippen LogP contribution in [0.3, 0.4) is 0 Å². The highest BCUT2D eigenvalue weighted by atomic mass is 19.4. The number of alkyl halides is 3. The van der Waals surface area contributed by atoms with Crippen molar-refractivity contribution in [2.75, 3.05) is 18.0 Å². The summed E-state index contributed by atoms with van der Waals surface area (Å²) in [7, 11) is 0. The molecule has 0 amide bonds. The standard InChI is InChI=1S/C14H17F3N2/c15-14(16,17)10-3-1-4-11(9-10)19-8-7-18-12-5-2-6-13(12)19/h1,3-4,9,12-13,18H,2,5-8H2/t12-,13-/m0/s1. The Morgan fingerprint density at radius 3 is 2.84 bits per heavy atom. The van der Waals surface area contributed by atoms with Gasteiger partial charge < -0.3 is 10.2 Å². The van der Waals surface area contributed by atoms with Gasteiger partial charge in [0.25, 0.3) is 0 Å². The molecule has 0 unspecified atom stereocenters. The molecule has 1 saturated carbocycles. The minimum Gasteiger partial charge on any atom is -0.366 e. The van der Waals surface area contributed by atoms with Gasteiger partial charge >= 0.3 is 6.18 Å². The first-order chi connectivity index (χ1) is 9.05. The van der Waals surface area contributed by atoms with Crippen LogP contribution < -0.4 is 10.2 Å². The highest BCUT2D eigenvalue weighted by Crippen LogP contribution is 2.35. The highest BCUT2D eigenvalue weighted by molar-refractivity contribution is 5.51. The molecule has 1 saturated heterocycles. The number of nitrogens with one attached hydrogen (secondary N) is 1. The fourth-order valence-corrected chi connectivity index (χ4v) is 3.27. The van der Waals surface area contributed by atoms with Crippen molar-refractivity contribution in [1.82, 2.24) is 5.32 Å². The molecule has 0 spiro atoms. The molecule has 3 rings (SSSR count). The lowest BCUT2D eigenvalue weighted by molar-refractivity contribution is -0.137. The summed E-state index contributed by atoms with van der Waals surface area (Å²) in [4.78, 5) is 2.14. The van der Waals surface area contributed by atoms with E-state index in [0.717, 1.165) is 38.4 Å². The van der Waals surface area contributed by atoms with Crippen LogP contribution in [0.1, 0.15) is 24.8 Å². The lowest BCUT2D eigenvalue weighted by atomic mass is 10.1. The molecule has 2 aliphatic rings. The lowest BCUT2D eigenvalue weighted by Gasteiger charge is -2.40. The van der Waals surface area contributed by atoms with E-state index in [1.54, 1.807) is 6.07 Å². The fraction of sp³-hybridized carbons (Fsp3) is 0.571. The molecule has 2 fully saturated rings. The van der Waals surface area contributed by atoms with Gasteiger partial charge in [-0.3, -0.25) is 0 Å². The van der Waals surface area contributed by atoms with Crippen molar-refractivity contribution >= 4 is 5.69 Å². The molecule has 0 bridgehead atoms. The molecule has 5 heteroatoms. The predicted molar refractivity (Wildman–Crippen MR) is 68.2 cm³/mol. The molecule has 0 aromatic heterocycles. The van der Waals surface area contributed by atoms with Crippen LogP contribution in [0.25, 0.3) is 0 Å². The monoisotopic (exact) mass is 270 g/mol. The van der Waals surface area contributed by atoms with Crippen LogP contribution in [0, 0.1) is 0 Å². The van der Waals surface area contributed by atoms with Crippen LogP contribution in [0.4, 0.5) is 18.9 Å². The maximum atomic E-state index is 12.8. The van der Waals surface area contributed by atoms with E-state index in [4.69, 9.17) is 0 Å². The van der Waals surface area contributed by atoms with E-state index >= 15 is 0 Å². The Balaban J connectivity index is 1.89. The Morgan fingerprint density at radius 1 is 1.21 bits per heavy atom. The number of fused-ring (bicyclic) bond motifs is 1. The average Bonchev–Trinajstić information content (AvgIpc) is 2.86. The van der Waals surface area contributed by atoms with E-state index in [-0.39, 0.29) is 0 Å². The van der Waals surface area contributed by atoms with E-state index in [2.05, 4.69) is 10.2 Å². The van der Waals surface area contributed by atoms with Crippen molar-refractivity contribution in [3.05, 3.63) is 29.8 Å². The van der Waals surface area contributed by atoms with Crippen molar-refractivity contribution in [2.45, 2.75) is 37.5 Å². The third kappa shape index (κ3) is 2.43. The minimum atomic E-state index is -4.26. The summed E-state index contributed by atoms with van der Waals surface area (Å²) in [6.45, 7) is 1.62. The van der Waals surface area contributed by atoms with Gasteiger partial charge in [-0.25, -0.2) is 0 Å². The van der Waals surface area contributed by atoms with Crippen LogP contribution in [-0.2, 0) is 6.18 Å². The molecule has 1 heterocycles. The molecule has 1 aromatic carbocycles. The van der Waals surface area contributed by atoms with E-state index in [0.29, 0.717) is 17.8 Å². The maximum absolute atomic E-state index is 12.8. The third-order valence-corrected chi connectivity index (χ3v) is 4.14. The highest BCUT2D eigenvalue weighted by Gasteiger charge is 2.36. The number of piperazine rings is 1. The van der Waals surface area contributed by atoms with Crippen molar-refractivity contribution in [3.8, 4) is 0 Å². The molecular weight excluding hydrogens is 253 g/mol. The Kier molecular flexibility index (Phi) is 3.17. The summed E-state index contributed by atoms with van der Waals surface area (Å²) in [6.07, 6.45) is -0.926.